The number of hydrogen-bond donors (Lipinski definition) is 2. The van der Waals surface area contributed by atoms with Crippen LogP contribution in [-0.4, -0.2) is 33.1 Å². The van der Waals surface area contributed by atoms with Gasteiger partial charge in [-0.1, -0.05) is 48.5 Å². The Morgan fingerprint density at radius 3 is 2.91 bits per heavy atom. The number of unbranched alkanes of at least 4 members (excludes halogenated alkanes) is 1. The number of hydrogen-bond acceptors (Lipinski definition) is 8. The fourth-order valence-corrected chi connectivity index (χ4v) is 3.72. The van der Waals surface area contributed by atoms with Gasteiger partial charge in [0.25, 0.3) is 0 Å². The van der Waals surface area contributed by atoms with Gasteiger partial charge in [0.1, 0.15) is 5.76 Å². The monoisotopic (exact) mass is 355 g/mol. The highest BCUT2D eigenvalue weighted by atomic mass is 32.2. The third-order valence-electron chi connectivity index (χ3n) is 3.00. The lowest BCUT2D eigenvalue weighted by molar-refractivity contribution is -0.115. The molecule has 126 valence electrons. The minimum Gasteiger partial charge on any atom is -0.360 e. The van der Waals surface area contributed by atoms with Crippen LogP contribution >= 0.6 is 23.1 Å². The van der Waals surface area contributed by atoms with Crippen LogP contribution in [0.1, 0.15) is 38.9 Å². The highest BCUT2D eigenvalue weighted by Crippen LogP contribution is 2.31. The Kier molecular flexibility index (Phi) is 6.85. The van der Waals surface area contributed by atoms with Gasteiger partial charge in [-0.2, -0.15) is 0 Å². The lowest BCUT2D eigenvalue weighted by Crippen LogP contribution is -2.24. The molecule has 9 heteroatoms. The zero-order chi connectivity index (χ0) is 16.7. The molecule has 0 aromatic carbocycles. The summed E-state index contributed by atoms with van der Waals surface area (Å²) >= 11 is 2.89. The Morgan fingerprint density at radius 2 is 2.26 bits per heavy atom. The van der Waals surface area contributed by atoms with Gasteiger partial charge in [-0.05, 0) is 19.8 Å². The summed E-state index contributed by atoms with van der Waals surface area (Å²) in [5, 5.41) is 18.5. The van der Waals surface area contributed by atoms with Crippen LogP contribution in [0.25, 0.3) is 0 Å². The quantitative estimate of drug-likeness (QED) is 0.525. The van der Waals surface area contributed by atoms with Gasteiger partial charge in [0, 0.05) is 12.6 Å². The molecule has 2 N–H and O–H groups in total. The van der Waals surface area contributed by atoms with Crippen molar-refractivity contribution in [3.63, 3.8) is 0 Å². The van der Waals surface area contributed by atoms with Gasteiger partial charge in [-0.3, -0.25) is 4.79 Å². The number of nitrogens with one attached hydrogen (secondary N) is 2. The summed E-state index contributed by atoms with van der Waals surface area (Å²) in [5.74, 6) is 0.986. The maximum atomic E-state index is 12.3. The van der Waals surface area contributed by atoms with Crippen LogP contribution in [-0.2, 0) is 4.79 Å². The number of aromatic nitrogens is 3. The van der Waals surface area contributed by atoms with Crippen LogP contribution in [0.15, 0.2) is 14.9 Å². The Bertz CT molecular complexity index is 628. The first-order valence-corrected chi connectivity index (χ1v) is 9.30. The number of thioether (sulfide) groups is 1. The van der Waals surface area contributed by atoms with Crippen LogP contribution in [0.4, 0.5) is 10.9 Å². The summed E-state index contributed by atoms with van der Waals surface area (Å²) in [6.07, 6.45) is 2.91. The summed E-state index contributed by atoms with van der Waals surface area (Å²) in [6.45, 7) is 6.78. The summed E-state index contributed by atoms with van der Waals surface area (Å²) in [7, 11) is 0. The smallest absolute Gasteiger partial charge is 0.239 e. The molecule has 1 unspecified atom stereocenters. The Balaban J connectivity index is 1.89. The third-order valence-corrected chi connectivity index (χ3v) is 5.33. The zero-order valence-corrected chi connectivity index (χ0v) is 15.1. The van der Waals surface area contributed by atoms with E-state index < -0.39 is 0 Å². The van der Waals surface area contributed by atoms with Gasteiger partial charge in [-0.15, -0.1) is 10.2 Å². The maximum absolute atomic E-state index is 12.3. The van der Waals surface area contributed by atoms with Crippen molar-refractivity contribution < 1.29 is 9.32 Å². The number of carbonyl (C=O) groups excluding carboxylic acids is 1. The van der Waals surface area contributed by atoms with E-state index in [0.29, 0.717) is 18.0 Å². The van der Waals surface area contributed by atoms with Crippen molar-refractivity contribution in [3.8, 4) is 0 Å². The molecule has 1 atom stereocenters. The molecule has 0 aliphatic heterocycles. The van der Waals surface area contributed by atoms with Crippen molar-refractivity contribution in [2.24, 2.45) is 0 Å². The largest absolute Gasteiger partial charge is 0.360 e. The first-order chi connectivity index (χ1) is 11.1. The number of carbonyl (C=O) groups is 1. The van der Waals surface area contributed by atoms with E-state index in [1.54, 1.807) is 13.0 Å². The van der Waals surface area contributed by atoms with E-state index in [9.17, 15) is 4.79 Å². The molecule has 1 amide bonds. The lowest BCUT2D eigenvalue weighted by Gasteiger charge is -2.10. The average molecular weight is 355 g/mol. The fourth-order valence-electron chi connectivity index (χ4n) is 1.78. The molecule has 2 rings (SSSR count). The molecule has 0 aliphatic carbocycles. The summed E-state index contributed by atoms with van der Waals surface area (Å²) in [5.41, 5.74) is 0. The molecule has 2 heterocycles. The number of nitrogens with zero attached hydrogens (tertiary/aromatic N) is 3. The van der Waals surface area contributed by atoms with Crippen LogP contribution in [0.5, 0.6) is 0 Å². The maximum Gasteiger partial charge on any atom is 0.239 e. The molecule has 0 fully saturated rings. The fraction of sp³-hybridized carbons (Fsp3) is 0.571. The predicted molar refractivity (Wildman–Crippen MR) is 93.1 cm³/mol. The van der Waals surface area contributed by atoms with Gasteiger partial charge in [-0.25, -0.2) is 0 Å². The molecule has 0 spiro atoms. The molecule has 2 aromatic heterocycles. The third kappa shape index (κ3) is 5.51. The standard InChI is InChI=1S/C14H21N5O2S2/c1-4-6-7-15-13-17-18-14(23-13)22-10(5-2)12(20)16-11-8-9(3)21-19-11/h8,10H,4-7H2,1-3H3,(H,15,17)(H,16,19,20). The van der Waals surface area contributed by atoms with Gasteiger partial charge >= 0.3 is 0 Å². The number of rotatable bonds is 9. The molecule has 0 aliphatic rings. The second kappa shape index (κ2) is 8.88. The van der Waals surface area contributed by atoms with E-state index in [0.717, 1.165) is 28.9 Å². The second-order valence-corrected chi connectivity index (χ2v) is 7.41. The highest BCUT2D eigenvalue weighted by Gasteiger charge is 2.21. The number of anilines is 2. The first kappa shape index (κ1) is 17.7. The number of aryl methyl sites for hydroxylation is 1. The van der Waals surface area contributed by atoms with Crippen molar-refractivity contribution in [1.29, 1.82) is 0 Å². The second-order valence-electron chi connectivity index (χ2n) is 4.98. The van der Waals surface area contributed by atoms with Gasteiger partial charge in [0.15, 0.2) is 10.2 Å². The van der Waals surface area contributed by atoms with E-state index >= 15 is 0 Å². The van der Waals surface area contributed by atoms with Gasteiger partial charge < -0.3 is 15.2 Å². The summed E-state index contributed by atoms with van der Waals surface area (Å²) in [4.78, 5) is 12.3. The molecule has 0 bridgehead atoms. The van der Waals surface area contributed by atoms with Crippen molar-refractivity contribution in [3.05, 3.63) is 11.8 Å². The molecule has 2 aromatic rings. The lowest BCUT2D eigenvalue weighted by atomic mass is 10.3. The molecular formula is C14H21N5O2S2. The van der Waals surface area contributed by atoms with Crippen LogP contribution in [0.3, 0.4) is 0 Å². The molecule has 0 saturated carbocycles. The van der Waals surface area contributed by atoms with Crippen LogP contribution < -0.4 is 10.6 Å². The van der Waals surface area contributed by atoms with Gasteiger partial charge in [0.05, 0.1) is 5.25 Å². The molecular weight excluding hydrogens is 334 g/mol. The molecule has 0 radical (unpaired) electrons. The molecule has 0 saturated heterocycles. The van der Waals surface area contributed by atoms with E-state index in [2.05, 4.69) is 32.9 Å². The molecule has 23 heavy (non-hydrogen) atoms. The number of amides is 1. The Labute approximate surface area is 143 Å². The molecule has 7 nitrogen and oxygen atoms in total. The first-order valence-electron chi connectivity index (χ1n) is 7.60. The predicted octanol–water partition coefficient (Wildman–Crippen LogP) is 3.56. The van der Waals surface area contributed by atoms with Crippen molar-refractivity contribution in [2.75, 3.05) is 17.2 Å². The average Bonchev–Trinajstić information content (AvgIpc) is 3.14. The van der Waals surface area contributed by atoms with E-state index in [4.69, 9.17) is 4.52 Å². The minimum absolute atomic E-state index is 0.110. The van der Waals surface area contributed by atoms with E-state index in [1.807, 2.05) is 6.92 Å². The van der Waals surface area contributed by atoms with Crippen LogP contribution in [0, 0.1) is 6.92 Å². The van der Waals surface area contributed by atoms with Crippen molar-refractivity contribution in [1.82, 2.24) is 15.4 Å². The zero-order valence-electron chi connectivity index (χ0n) is 13.5. The van der Waals surface area contributed by atoms with Gasteiger partial charge in [0.2, 0.25) is 11.0 Å². The van der Waals surface area contributed by atoms with Crippen LogP contribution in [0.2, 0.25) is 0 Å². The van der Waals surface area contributed by atoms with Crippen molar-refractivity contribution >= 4 is 40.0 Å². The van der Waals surface area contributed by atoms with E-state index in [1.165, 1.54) is 23.1 Å². The Morgan fingerprint density at radius 1 is 1.43 bits per heavy atom. The normalized spacial score (nSPS) is 12.1. The Hall–Kier alpha value is -1.61. The SMILES string of the molecule is CCCCNc1nnc(SC(CC)C(=O)Nc2cc(C)on2)s1. The topological polar surface area (TPSA) is 92.9 Å². The minimum atomic E-state index is -0.247. The van der Waals surface area contributed by atoms with Crippen molar-refractivity contribution in [2.45, 2.75) is 49.6 Å². The summed E-state index contributed by atoms with van der Waals surface area (Å²) < 4.78 is 5.73. The van der Waals surface area contributed by atoms with E-state index in [-0.39, 0.29) is 11.2 Å². The highest BCUT2D eigenvalue weighted by molar-refractivity contribution is 8.02. The summed E-state index contributed by atoms with van der Waals surface area (Å²) in [6, 6.07) is 1.69.